The smallest absolute Gasteiger partial charge is 0.306 e. The normalized spacial score (nSPS) is 12.4. The second-order valence-electron chi connectivity index (χ2n) is 20.6. The highest BCUT2D eigenvalue weighted by Gasteiger charge is 2.19. The summed E-state index contributed by atoms with van der Waals surface area (Å²) in [6.07, 6.45) is 75.6. The molecule has 0 aliphatic heterocycles. The van der Waals surface area contributed by atoms with E-state index < -0.39 is 6.10 Å². The maximum atomic E-state index is 12.8. The molecule has 0 aliphatic rings. The fraction of sp³-hybridized carbons (Fsp3) is 0.800. The molecule has 1 unspecified atom stereocenters. The molecule has 0 heterocycles. The van der Waals surface area contributed by atoms with Gasteiger partial charge in [-0.2, -0.15) is 0 Å². The third kappa shape index (κ3) is 57.9. The van der Waals surface area contributed by atoms with E-state index in [0.717, 1.165) is 103 Å². The van der Waals surface area contributed by atoms with Crippen LogP contribution in [0, 0.1) is 0 Å². The Labute approximate surface area is 440 Å². The van der Waals surface area contributed by atoms with Crippen molar-refractivity contribution in [2.24, 2.45) is 0 Å². The second kappa shape index (κ2) is 59.7. The van der Waals surface area contributed by atoms with Gasteiger partial charge in [0.05, 0.1) is 0 Å². The third-order valence-electron chi connectivity index (χ3n) is 13.5. The number of carbonyl (C=O) groups excluding carboxylic acids is 3. The Bertz CT molecular complexity index is 1280. The van der Waals surface area contributed by atoms with Crippen LogP contribution in [-0.4, -0.2) is 37.2 Å². The molecule has 0 aromatic carbocycles. The lowest BCUT2D eigenvalue weighted by Crippen LogP contribution is -2.30. The summed E-state index contributed by atoms with van der Waals surface area (Å²) >= 11 is 0. The molecule has 0 rings (SSSR count). The second-order valence-corrected chi connectivity index (χ2v) is 20.6. The van der Waals surface area contributed by atoms with Gasteiger partial charge in [0, 0.05) is 19.3 Å². The lowest BCUT2D eigenvalue weighted by Gasteiger charge is -2.18. The van der Waals surface area contributed by atoms with Gasteiger partial charge >= 0.3 is 17.9 Å². The summed E-state index contributed by atoms with van der Waals surface area (Å²) in [5, 5.41) is 0. The van der Waals surface area contributed by atoms with Crippen LogP contribution in [0.4, 0.5) is 0 Å². The van der Waals surface area contributed by atoms with Crippen LogP contribution in [-0.2, 0) is 28.6 Å². The summed E-state index contributed by atoms with van der Waals surface area (Å²) in [7, 11) is 0. The molecule has 0 spiro atoms. The molecule has 412 valence electrons. The molecule has 0 aromatic rings. The Morgan fingerprint density at radius 2 is 0.549 bits per heavy atom. The highest BCUT2D eigenvalue weighted by atomic mass is 16.6. The van der Waals surface area contributed by atoms with Crippen LogP contribution in [0.5, 0.6) is 0 Å². The molecule has 6 nitrogen and oxygen atoms in total. The molecule has 0 bridgehead atoms. The largest absolute Gasteiger partial charge is 0.462 e. The number of esters is 3. The fourth-order valence-corrected chi connectivity index (χ4v) is 8.94. The van der Waals surface area contributed by atoms with Gasteiger partial charge in [0.15, 0.2) is 6.10 Å². The summed E-state index contributed by atoms with van der Waals surface area (Å²) < 4.78 is 16.8. The molecular formula is C65H116O6. The molecule has 0 aliphatic carbocycles. The lowest BCUT2D eigenvalue weighted by molar-refractivity contribution is -0.167. The van der Waals surface area contributed by atoms with Crippen molar-refractivity contribution in [1.82, 2.24) is 0 Å². The molecule has 0 N–H and O–H groups in total. The number of rotatable bonds is 56. The Hall–Kier alpha value is -2.89. The molecule has 0 fully saturated rings. The van der Waals surface area contributed by atoms with Crippen LogP contribution in [0.3, 0.4) is 0 Å². The van der Waals surface area contributed by atoms with E-state index in [1.807, 2.05) is 0 Å². The van der Waals surface area contributed by atoms with Crippen LogP contribution >= 0.6 is 0 Å². The van der Waals surface area contributed by atoms with E-state index in [-0.39, 0.29) is 31.1 Å². The Morgan fingerprint density at radius 3 is 0.859 bits per heavy atom. The quantitative estimate of drug-likeness (QED) is 0.0261. The predicted octanol–water partition coefficient (Wildman–Crippen LogP) is 20.8. The number of carbonyl (C=O) groups is 3. The number of hydrogen-bond acceptors (Lipinski definition) is 6. The average Bonchev–Trinajstić information content (AvgIpc) is 3.37. The van der Waals surface area contributed by atoms with E-state index in [0.29, 0.717) is 19.3 Å². The molecule has 0 saturated heterocycles. The van der Waals surface area contributed by atoms with E-state index in [9.17, 15) is 14.4 Å². The zero-order valence-corrected chi connectivity index (χ0v) is 47.2. The van der Waals surface area contributed by atoms with Crippen molar-refractivity contribution < 1.29 is 28.6 Å². The summed E-state index contributed by atoms with van der Waals surface area (Å²) in [5.74, 6) is -0.888. The van der Waals surface area contributed by atoms with Crippen molar-refractivity contribution in [2.45, 2.75) is 322 Å². The van der Waals surface area contributed by atoms with Gasteiger partial charge in [0.25, 0.3) is 0 Å². The van der Waals surface area contributed by atoms with E-state index in [1.54, 1.807) is 0 Å². The number of unbranched alkanes of at least 4 members (excludes halogenated alkanes) is 35. The van der Waals surface area contributed by atoms with Crippen molar-refractivity contribution in [2.75, 3.05) is 13.2 Å². The molecule has 71 heavy (non-hydrogen) atoms. The van der Waals surface area contributed by atoms with E-state index >= 15 is 0 Å². The summed E-state index contributed by atoms with van der Waals surface area (Å²) in [6, 6.07) is 0. The highest BCUT2D eigenvalue weighted by molar-refractivity contribution is 5.71. The van der Waals surface area contributed by atoms with Gasteiger partial charge in [-0.25, -0.2) is 0 Å². The van der Waals surface area contributed by atoms with E-state index in [2.05, 4.69) is 81.5 Å². The number of allylic oxidation sites excluding steroid dienone is 10. The Balaban J connectivity index is 4.05. The van der Waals surface area contributed by atoms with Gasteiger partial charge in [-0.15, -0.1) is 0 Å². The third-order valence-corrected chi connectivity index (χ3v) is 13.5. The average molecular weight is 994 g/mol. The monoisotopic (exact) mass is 993 g/mol. The van der Waals surface area contributed by atoms with Crippen molar-refractivity contribution in [3.8, 4) is 0 Å². The number of ether oxygens (including phenoxy) is 3. The number of hydrogen-bond donors (Lipinski definition) is 0. The zero-order valence-electron chi connectivity index (χ0n) is 47.2. The molecule has 0 saturated carbocycles. The lowest BCUT2D eigenvalue weighted by atomic mass is 10.0. The van der Waals surface area contributed by atoms with E-state index in [1.165, 1.54) is 173 Å². The van der Waals surface area contributed by atoms with Gasteiger partial charge < -0.3 is 14.2 Å². The van der Waals surface area contributed by atoms with Crippen molar-refractivity contribution in [3.05, 3.63) is 60.8 Å². The predicted molar refractivity (Wildman–Crippen MR) is 307 cm³/mol. The topological polar surface area (TPSA) is 78.9 Å². The van der Waals surface area contributed by atoms with Gasteiger partial charge in [0.1, 0.15) is 13.2 Å². The molecule has 6 heteroatoms. The molecule has 0 radical (unpaired) electrons. The van der Waals surface area contributed by atoms with Crippen molar-refractivity contribution in [3.63, 3.8) is 0 Å². The molecular weight excluding hydrogens is 877 g/mol. The Kier molecular flexibility index (Phi) is 57.2. The van der Waals surface area contributed by atoms with Gasteiger partial charge in [-0.1, -0.05) is 293 Å². The van der Waals surface area contributed by atoms with Crippen LogP contribution in [0.2, 0.25) is 0 Å². The van der Waals surface area contributed by atoms with Crippen LogP contribution in [0.15, 0.2) is 60.8 Å². The summed E-state index contributed by atoms with van der Waals surface area (Å²) in [4.78, 5) is 37.9. The first-order chi connectivity index (χ1) is 35.0. The first-order valence-electron chi connectivity index (χ1n) is 30.8. The minimum atomic E-state index is -0.775. The fourth-order valence-electron chi connectivity index (χ4n) is 8.94. The van der Waals surface area contributed by atoms with Gasteiger partial charge in [0.2, 0.25) is 0 Å². The van der Waals surface area contributed by atoms with Crippen LogP contribution in [0.1, 0.15) is 316 Å². The summed E-state index contributed by atoms with van der Waals surface area (Å²) in [5.41, 5.74) is 0. The van der Waals surface area contributed by atoms with Gasteiger partial charge in [-0.05, 0) is 64.2 Å². The minimum absolute atomic E-state index is 0.0760. The first kappa shape index (κ1) is 68.1. The van der Waals surface area contributed by atoms with Crippen molar-refractivity contribution >= 4 is 17.9 Å². The minimum Gasteiger partial charge on any atom is -0.462 e. The highest BCUT2D eigenvalue weighted by Crippen LogP contribution is 2.17. The molecule has 0 aromatic heterocycles. The summed E-state index contributed by atoms with van der Waals surface area (Å²) in [6.45, 7) is 6.47. The van der Waals surface area contributed by atoms with E-state index in [4.69, 9.17) is 14.2 Å². The van der Waals surface area contributed by atoms with Crippen LogP contribution in [0.25, 0.3) is 0 Å². The Morgan fingerprint density at radius 1 is 0.296 bits per heavy atom. The standard InChI is InChI=1S/C65H116O6/c1-4-7-10-13-15-17-19-21-23-25-27-29-31-32-34-35-37-39-41-43-45-47-49-52-55-58-64(67)70-61-62(60-69-63(66)57-54-51-12-9-6-3)71-65(68)59-56-53-50-48-46-44-42-40-38-36-33-30-28-26-24-22-20-18-16-14-11-8-5-2/h8,11,16,18,22,24,28,30,36,38,62H,4-7,9-10,12-15,17,19-21,23,25-27,29,31-35,37,39-61H2,1-3H3/b11-8-,18-16-,24-22-,30-28-,38-36-. The maximum Gasteiger partial charge on any atom is 0.306 e. The van der Waals surface area contributed by atoms with Crippen molar-refractivity contribution in [1.29, 1.82) is 0 Å². The SMILES string of the molecule is CC/C=C\C/C=C\C/C=C\C/C=C\C/C=C\CCCCCCCCCC(=O)OC(COC(=O)CCCCCCC)COC(=O)CCCCCCCCCCCCCCCCCCCCCCCCCCC. The van der Waals surface area contributed by atoms with Gasteiger partial charge in [-0.3, -0.25) is 14.4 Å². The maximum absolute atomic E-state index is 12.8. The van der Waals surface area contributed by atoms with Crippen LogP contribution < -0.4 is 0 Å². The zero-order chi connectivity index (χ0) is 51.4. The first-order valence-corrected chi connectivity index (χ1v) is 30.8. The molecule has 1 atom stereocenters. The molecule has 0 amide bonds.